The molecule has 0 saturated heterocycles. The molecule has 0 saturated carbocycles. The van der Waals surface area contributed by atoms with Crippen LogP contribution in [0.1, 0.15) is 53.4 Å². The number of hydrogen-bond donors (Lipinski definition) is 0. The maximum absolute atomic E-state index is 2.45. The molecule has 13 heavy (non-hydrogen) atoms. The predicted octanol–water partition coefficient (Wildman–Crippen LogP) is 4.48. The van der Waals surface area contributed by atoms with Crippen LogP contribution in [0.4, 0.5) is 0 Å². The summed E-state index contributed by atoms with van der Waals surface area (Å²) in [6.07, 6.45) is 7.54. The number of hydrogen-bond acceptors (Lipinski definition) is 0. The lowest BCUT2D eigenvalue weighted by Gasteiger charge is -2.07. The van der Waals surface area contributed by atoms with Crippen molar-refractivity contribution in [3.8, 4) is 0 Å². The molecular formula is C13H22. The van der Waals surface area contributed by atoms with Crippen LogP contribution >= 0.6 is 0 Å². The number of allylic oxidation sites excluding steroid dienone is 4. The van der Waals surface area contributed by atoms with Gasteiger partial charge in [-0.3, -0.25) is 0 Å². The van der Waals surface area contributed by atoms with Crippen molar-refractivity contribution < 1.29 is 0 Å². The van der Waals surface area contributed by atoms with Crippen LogP contribution in [-0.2, 0) is 0 Å². The van der Waals surface area contributed by atoms with E-state index in [2.05, 4.69) is 33.8 Å². The van der Waals surface area contributed by atoms with Gasteiger partial charge in [-0.15, -0.1) is 0 Å². The maximum Gasteiger partial charge on any atom is -0.0231 e. The Morgan fingerprint density at radius 2 is 2.08 bits per heavy atom. The highest BCUT2D eigenvalue weighted by molar-refractivity contribution is 5.34. The van der Waals surface area contributed by atoms with Crippen molar-refractivity contribution in [2.75, 3.05) is 0 Å². The molecule has 0 spiro atoms. The molecule has 1 aliphatic rings. The number of rotatable bonds is 3. The van der Waals surface area contributed by atoms with E-state index in [1.807, 2.05) is 0 Å². The van der Waals surface area contributed by atoms with Gasteiger partial charge in [-0.2, -0.15) is 0 Å². The van der Waals surface area contributed by atoms with E-state index in [-0.39, 0.29) is 0 Å². The Morgan fingerprint density at radius 3 is 2.62 bits per heavy atom. The summed E-state index contributed by atoms with van der Waals surface area (Å²) in [5, 5.41) is 0. The average molecular weight is 178 g/mol. The van der Waals surface area contributed by atoms with Gasteiger partial charge in [0.1, 0.15) is 0 Å². The van der Waals surface area contributed by atoms with Crippen LogP contribution in [0.5, 0.6) is 0 Å². The molecule has 0 fully saturated rings. The molecule has 0 heterocycles. The highest BCUT2D eigenvalue weighted by Gasteiger charge is 2.14. The first-order valence-corrected chi connectivity index (χ1v) is 5.58. The van der Waals surface area contributed by atoms with Gasteiger partial charge >= 0.3 is 0 Å². The van der Waals surface area contributed by atoms with Crippen molar-refractivity contribution >= 4 is 0 Å². The summed E-state index contributed by atoms with van der Waals surface area (Å²) in [6, 6.07) is 0. The highest BCUT2D eigenvalue weighted by atomic mass is 14.2. The van der Waals surface area contributed by atoms with E-state index in [0.29, 0.717) is 0 Å². The van der Waals surface area contributed by atoms with Gasteiger partial charge < -0.3 is 0 Å². The van der Waals surface area contributed by atoms with Gasteiger partial charge in [0, 0.05) is 0 Å². The summed E-state index contributed by atoms with van der Waals surface area (Å²) in [5.74, 6) is 0.794. The van der Waals surface area contributed by atoms with Crippen molar-refractivity contribution in [1.82, 2.24) is 0 Å². The Hall–Kier alpha value is -0.520. The third-order valence-corrected chi connectivity index (χ3v) is 3.37. The second-order valence-electron chi connectivity index (χ2n) is 4.19. The zero-order valence-electron chi connectivity index (χ0n) is 9.48. The lowest BCUT2D eigenvalue weighted by molar-refractivity contribution is 0.634. The van der Waals surface area contributed by atoms with Gasteiger partial charge in [0.25, 0.3) is 0 Å². The van der Waals surface area contributed by atoms with Gasteiger partial charge in [-0.1, -0.05) is 38.0 Å². The molecule has 1 unspecified atom stereocenters. The Morgan fingerprint density at radius 1 is 1.38 bits per heavy atom. The molecule has 1 aliphatic carbocycles. The van der Waals surface area contributed by atoms with Crippen molar-refractivity contribution in [2.24, 2.45) is 5.92 Å². The van der Waals surface area contributed by atoms with Gasteiger partial charge in [0.15, 0.2) is 0 Å². The molecule has 0 aromatic heterocycles. The van der Waals surface area contributed by atoms with Gasteiger partial charge in [-0.05, 0) is 44.1 Å². The molecule has 74 valence electrons. The summed E-state index contributed by atoms with van der Waals surface area (Å²) >= 11 is 0. The minimum Gasteiger partial charge on any atom is -0.0704 e. The SMILES string of the molecule is CCC(C)=C1C=C(C(C)CC)CC1. The fourth-order valence-corrected chi connectivity index (χ4v) is 1.86. The topological polar surface area (TPSA) is 0 Å². The fourth-order valence-electron chi connectivity index (χ4n) is 1.86. The summed E-state index contributed by atoms with van der Waals surface area (Å²) in [5.41, 5.74) is 4.86. The van der Waals surface area contributed by atoms with Crippen LogP contribution in [0.15, 0.2) is 22.8 Å². The Balaban J connectivity index is 2.74. The molecule has 0 heteroatoms. The van der Waals surface area contributed by atoms with E-state index in [0.717, 1.165) is 5.92 Å². The van der Waals surface area contributed by atoms with E-state index >= 15 is 0 Å². The van der Waals surface area contributed by atoms with Gasteiger partial charge in [0.2, 0.25) is 0 Å². The largest absolute Gasteiger partial charge is 0.0704 e. The van der Waals surface area contributed by atoms with Crippen LogP contribution in [-0.4, -0.2) is 0 Å². The Labute approximate surface area is 82.7 Å². The highest BCUT2D eigenvalue weighted by Crippen LogP contribution is 2.32. The minimum absolute atomic E-state index is 0.794. The molecule has 0 bridgehead atoms. The zero-order chi connectivity index (χ0) is 9.84. The standard InChI is InChI=1S/C13H22/c1-5-10(3)12-7-8-13(9-12)11(4)6-2/h9-10H,5-8H2,1-4H3. The Bertz CT molecular complexity index is 230. The summed E-state index contributed by atoms with van der Waals surface area (Å²) in [6.45, 7) is 9.14. The van der Waals surface area contributed by atoms with Crippen LogP contribution in [0.2, 0.25) is 0 Å². The predicted molar refractivity (Wildman–Crippen MR) is 59.8 cm³/mol. The molecule has 0 radical (unpaired) electrons. The van der Waals surface area contributed by atoms with Crippen molar-refractivity contribution in [3.63, 3.8) is 0 Å². The molecule has 0 aliphatic heterocycles. The molecule has 0 N–H and O–H groups in total. The molecular weight excluding hydrogens is 156 g/mol. The monoisotopic (exact) mass is 178 g/mol. The van der Waals surface area contributed by atoms with Crippen LogP contribution in [0, 0.1) is 5.92 Å². The average Bonchev–Trinajstić information content (AvgIpc) is 2.64. The van der Waals surface area contributed by atoms with Crippen molar-refractivity contribution in [3.05, 3.63) is 22.8 Å². The second-order valence-corrected chi connectivity index (χ2v) is 4.19. The summed E-state index contributed by atoms with van der Waals surface area (Å²) in [4.78, 5) is 0. The normalized spacial score (nSPS) is 22.9. The van der Waals surface area contributed by atoms with E-state index < -0.39 is 0 Å². The molecule has 0 aromatic rings. The van der Waals surface area contributed by atoms with E-state index in [1.165, 1.54) is 25.7 Å². The molecule has 0 amide bonds. The Kier molecular flexibility index (Phi) is 3.77. The summed E-state index contributed by atoms with van der Waals surface area (Å²) < 4.78 is 0. The summed E-state index contributed by atoms with van der Waals surface area (Å²) in [7, 11) is 0. The van der Waals surface area contributed by atoms with Crippen LogP contribution in [0.25, 0.3) is 0 Å². The van der Waals surface area contributed by atoms with Crippen LogP contribution < -0.4 is 0 Å². The first kappa shape index (κ1) is 10.6. The van der Waals surface area contributed by atoms with Gasteiger partial charge in [-0.25, -0.2) is 0 Å². The lowest BCUT2D eigenvalue weighted by atomic mass is 9.98. The zero-order valence-corrected chi connectivity index (χ0v) is 9.48. The molecule has 0 aromatic carbocycles. The molecule has 1 rings (SSSR count). The van der Waals surface area contributed by atoms with Crippen LogP contribution in [0.3, 0.4) is 0 Å². The van der Waals surface area contributed by atoms with Crippen molar-refractivity contribution in [2.45, 2.75) is 53.4 Å². The third-order valence-electron chi connectivity index (χ3n) is 3.37. The third kappa shape index (κ3) is 2.46. The van der Waals surface area contributed by atoms with E-state index in [4.69, 9.17) is 0 Å². The molecule has 1 atom stereocenters. The first-order valence-electron chi connectivity index (χ1n) is 5.58. The van der Waals surface area contributed by atoms with Gasteiger partial charge in [0.05, 0.1) is 0 Å². The second kappa shape index (κ2) is 4.64. The maximum atomic E-state index is 2.45. The first-order chi connectivity index (χ1) is 6.19. The lowest BCUT2D eigenvalue weighted by Crippen LogP contribution is -1.93. The smallest absolute Gasteiger partial charge is 0.0231 e. The minimum atomic E-state index is 0.794. The quantitative estimate of drug-likeness (QED) is 0.597. The fraction of sp³-hybridized carbons (Fsp3) is 0.692. The molecule has 0 nitrogen and oxygen atoms in total. The van der Waals surface area contributed by atoms with E-state index in [1.54, 1.807) is 16.7 Å². The van der Waals surface area contributed by atoms with Crippen molar-refractivity contribution in [1.29, 1.82) is 0 Å². The van der Waals surface area contributed by atoms with E-state index in [9.17, 15) is 0 Å².